The summed E-state index contributed by atoms with van der Waals surface area (Å²) in [5, 5.41) is 3.95. The van der Waals surface area contributed by atoms with Gasteiger partial charge in [0.1, 0.15) is 5.75 Å². The Bertz CT molecular complexity index is 488. The van der Waals surface area contributed by atoms with E-state index in [4.69, 9.17) is 21.1 Å². The number of hydrogen-bond acceptors (Lipinski definition) is 4. The molecule has 0 bridgehead atoms. The molecule has 5 heteroatoms. The van der Waals surface area contributed by atoms with E-state index in [9.17, 15) is 4.79 Å². The minimum atomic E-state index is -0.621. The average Bonchev–Trinajstić information content (AvgIpc) is 3.28. The zero-order chi connectivity index (χ0) is 15.2. The number of hydrogen-bond donors (Lipinski definition) is 1. The SMILES string of the molecule is CCOC(=O)C(CC)Oc1c(Cl)cccc1CNC1CC1. The number of carbonyl (C=O) groups is 1. The molecule has 4 nitrogen and oxygen atoms in total. The number of esters is 1. The lowest BCUT2D eigenvalue weighted by Crippen LogP contribution is -2.29. The number of rotatable bonds is 8. The second-order valence-corrected chi connectivity index (χ2v) is 5.56. The van der Waals surface area contributed by atoms with E-state index in [-0.39, 0.29) is 5.97 Å². The van der Waals surface area contributed by atoms with Crippen LogP contribution in [-0.2, 0) is 16.1 Å². The van der Waals surface area contributed by atoms with Crippen molar-refractivity contribution in [1.82, 2.24) is 5.32 Å². The summed E-state index contributed by atoms with van der Waals surface area (Å²) in [5.41, 5.74) is 0.970. The van der Waals surface area contributed by atoms with Crippen molar-refractivity contribution in [2.24, 2.45) is 0 Å². The van der Waals surface area contributed by atoms with Gasteiger partial charge in [-0.2, -0.15) is 0 Å². The monoisotopic (exact) mass is 311 g/mol. The molecule has 0 amide bonds. The van der Waals surface area contributed by atoms with Gasteiger partial charge in [0.2, 0.25) is 0 Å². The van der Waals surface area contributed by atoms with Gasteiger partial charge in [0.05, 0.1) is 11.6 Å². The van der Waals surface area contributed by atoms with Crippen molar-refractivity contribution in [3.05, 3.63) is 28.8 Å². The summed E-state index contributed by atoms with van der Waals surface area (Å²) in [6.07, 6.45) is 2.36. The first-order chi connectivity index (χ1) is 10.2. The lowest BCUT2D eigenvalue weighted by Gasteiger charge is -2.19. The predicted octanol–water partition coefficient (Wildman–Crippen LogP) is 3.31. The Balaban J connectivity index is 2.10. The fraction of sp³-hybridized carbons (Fsp3) is 0.562. The topological polar surface area (TPSA) is 47.6 Å². The van der Waals surface area contributed by atoms with Crippen LogP contribution in [0.4, 0.5) is 0 Å². The molecule has 1 fully saturated rings. The van der Waals surface area contributed by atoms with Crippen molar-refractivity contribution in [2.75, 3.05) is 6.61 Å². The third kappa shape index (κ3) is 4.61. The number of carbonyl (C=O) groups excluding carboxylic acids is 1. The summed E-state index contributed by atoms with van der Waals surface area (Å²) in [4.78, 5) is 11.9. The van der Waals surface area contributed by atoms with E-state index in [2.05, 4.69) is 5.32 Å². The van der Waals surface area contributed by atoms with Crippen LogP contribution in [-0.4, -0.2) is 24.7 Å². The van der Waals surface area contributed by atoms with Gasteiger partial charge in [-0.15, -0.1) is 0 Å². The zero-order valence-electron chi connectivity index (χ0n) is 12.5. The molecule has 0 saturated heterocycles. The maximum Gasteiger partial charge on any atom is 0.347 e. The molecule has 1 N–H and O–H groups in total. The standard InChI is InChI=1S/C16H22ClNO3/c1-3-14(16(19)20-4-2)21-15-11(6-5-7-13(15)17)10-18-12-8-9-12/h5-7,12,14,18H,3-4,8-10H2,1-2H3. The molecule has 2 rings (SSSR count). The van der Waals surface area contributed by atoms with Gasteiger partial charge >= 0.3 is 5.97 Å². The highest BCUT2D eigenvalue weighted by atomic mass is 35.5. The van der Waals surface area contributed by atoms with Crippen molar-refractivity contribution < 1.29 is 14.3 Å². The van der Waals surface area contributed by atoms with Gasteiger partial charge in [0.25, 0.3) is 0 Å². The van der Waals surface area contributed by atoms with E-state index < -0.39 is 6.10 Å². The lowest BCUT2D eigenvalue weighted by molar-refractivity contribution is -0.151. The number of halogens is 1. The Kier molecular flexibility index (Phi) is 5.88. The number of benzene rings is 1. The lowest BCUT2D eigenvalue weighted by atomic mass is 10.2. The van der Waals surface area contributed by atoms with Gasteiger partial charge in [-0.1, -0.05) is 30.7 Å². The Morgan fingerprint density at radius 1 is 1.43 bits per heavy atom. The normalized spacial score (nSPS) is 15.6. The fourth-order valence-corrected chi connectivity index (χ4v) is 2.28. The summed E-state index contributed by atoms with van der Waals surface area (Å²) in [5.74, 6) is 0.230. The zero-order valence-corrected chi connectivity index (χ0v) is 13.3. The van der Waals surface area contributed by atoms with Crippen molar-refractivity contribution in [1.29, 1.82) is 0 Å². The molecule has 1 aliphatic rings. The van der Waals surface area contributed by atoms with Crippen LogP contribution in [0.5, 0.6) is 5.75 Å². The summed E-state index contributed by atoms with van der Waals surface area (Å²) in [6.45, 7) is 4.71. The second-order valence-electron chi connectivity index (χ2n) is 5.15. The van der Waals surface area contributed by atoms with Crippen LogP contribution in [0, 0.1) is 0 Å². The number of ether oxygens (including phenoxy) is 2. The van der Waals surface area contributed by atoms with E-state index in [1.54, 1.807) is 13.0 Å². The van der Waals surface area contributed by atoms with Crippen LogP contribution in [0.25, 0.3) is 0 Å². The molecule has 1 atom stereocenters. The van der Waals surface area contributed by atoms with Crippen molar-refractivity contribution in [3.63, 3.8) is 0 Å². The number of para-hydroxylation sites is 1. The average molecular weight is 312 g/mol. The van der Waals surface area contributed by atoms with Crippen molar-refractivity contribution in [2.45, 2.75) is 51.8 Å². The molecular weight excluding hydrogens is 290 g/mol. The van der Waals surface area contributed by atoms with Gasteiger partial charge in [0, 0.05) is 18.2 Å². The van der Waals surface area contributed by atoms with Crippen LogP contribution in [0.3, 0.4) is 0 Å². The minimum absolute atomic E-state index is 0.345. The number of nitrogens with one attached hydrogen (secondary N) is 1. The van der Waals surface area contributed by atoms with Gasteiger partial charge in [-0.25, -0.2) is 4.79 Å². The Hall–Kier alpha value is -1.26. The molecule has 21 heavy (non-hydrogen) atoms. The Labute approximate surface area is 130 Å². The second kappa shape index (κ2) is 7.66. The maximum atomic E-state index is 11.9. The van der Waals surface area contributed by atoms with Crippen LogP contribution in [0.2, 0.25) is 5.02 Å². The molecule has 0 aromatic heterocycles. The Morgan fingerprint density at radius 3 is 2.81 bits per heavy atom. The highest BCUT2D eigenvalue weighted by Crippen LogP contribution is 2.31. The van der Waals surface area contributed by atoms with Crippen LogP contribution in [0.1, 0.15) is 38.7 Å². The molecule has 1 saturated carbocycles. The smallest absolute Gasteiger partial charge is 0.347 e. The molecule has 1 aromatic rings. The van der Waals surface area contributed by atoms with E-state index in [0.29, 0.717) is 36.4 Å². The van der Waals surface area contributed by atoms with Gasteiger partial charge in [0.15, 0.2) is 6.10 Å². The predicted molar refractivity (Wildman–Crippen MR) is 82.7 cm³/mol. The van der Waals surface area contributed by atoms with Gasteiger partial charge in [-0.3, -0.25) is 0 Å². The van der Waals surface area contributed by atoms with Gasteiger partial charge < -0.3 is 14.8 Å². The Morgan fingerprint density at radius 2 is 2.19 bits per heavy atom. The third-order valence-electron chi connectivity index (χ3n) is 3.39. The van der Waals surface area contributed by atoms with E-state index >= 15 is 0 Å². The van der Waals surface area contributed by atoms with Crippen LogP contribution in [0.15, 0.2) is 18.2 Å². The van der Waals surface area contributed by atoms with Gasteiger partial charge in [-0.05, 0) is 32.3 Å². The minimum Gasteiger partial charge on any atom is -0.477 e. The van der Waals surface area contributed by atoms with Crippen molar-refractivity contribution >= 4 is 17.6 Å². The molecule has 0 aliphatic heterocycles. The molecule has 1 aliphatic carbocycles. The summed E-state index contributed by atoms with van der Waals surface area (Å²) >= 11 is 6.24. The molecule has 0 radical (unpaired) electrons. The molecule has 1 unspecified atom stereocenters. The van der Waals surface area contributed by atoms with E-state index in [1.807, 2.05) is 19.1 Å². The van der Waals surface area contributed by atoms with E-state index in [0.717, 1.165) is 5.56 Å². The first-order valence-corrected chi connectivity index (χ1v) is 7.87. The molecule has 116 valence electrons. The largest absolute Gasteiger partial charge is 0.477 e. The highest BCUT2D eigenvalue weighted by molar-refractivity contribution is 6.32. The summed E-state index contributed by atoms with van der Waals surface area (Å²) in [6, 6.07) is 6.23. The molecule has 0 spiro atoms. The van der Waals surface area contributed by atoms with Crippen LogP contribution < -0.4 is 10.1 Å². The quantitative estimate of drug-likeness (QED) is 0.748. The van der Waals surface area contributed by atoms with Crippen LogP contribution >= 0.6 is 11.6 Å². The molecule has 1 aromatic carbocycles. The summed E-state index contributed by atoms with van der Waals surface area (Å²) < 4.78 is 10.9. The first-order valence-electron chi connectivity index (χ1n) is 7.49. The molecular formula is C16H22ClNO3. The third-order valence-corrected chi connectivity index (χ3v) is 3.69. The first kappa shape index (κ1) is 16.1. The summed E-state index contributed by atoms with van der Waals surface area (Å²) in [7, 11) is 0. The maximum absolute atomic E-state index is 11.9. The van der Waals surface area contributed by atoms with Crippen molar-refractivity contribution in [3.8, 4) is 5.75 Å². The van der Waals surface area contributed by atoms with E-state index in [1.165, 1.54) is 12.8 Å². The fourth-order valence-electron chi connectivity index (χ4n) is 2.04. The highest BCUT2D eigenvalue weighted by Gasteiger charge is 2.24. The molecule has 0 heterocycles.